The number of benzene rings is 3. The SMILES string of the molecule is COc1ccccc1NC(=O)C1=C(C)Nc2nc(-c3ccc(O)cc3)nn2C1c1ccc(F)cc1. The number of allylic oxidation sites excluding steroid dienone is 1. The molecule has 0 radical (unpaired) electrons. The number of anilines is 2. The number of carbonyl (C=O) groups is 1. The van der Waals surface area contributed by atoms with Gasteiger partial charge in [-0.2, -0.15) is 4.98 Å². The van der Waals surface area contributed by atoms with Crippen molar-refractivity contribution in [2.45, 2.75) is 13.0 Å². The van der Waals surface area contributed by atoms with Crippen molar-refractivity contribution in [1.82, 2.24) is 14.8 Å². The lowest BCUT2D eigenvalue weighted by atomic mass is 9.95. The molecule has 0 saturated carbocycles. The summed E-state index contributed by atoms with van der Waals surface area (Å²) in [6, 6.07) is 18.9. The van der Waals surface area contributed by atoms with E-state index < -0.39 is 6.04 Å². The highest BCUT2D eigenvalue weighted by Gasteiger charge is 2.34. The molecule has 9 heteroatoms. The van der Waals surface area contributed by atoms with Crippen LogP contribution >= 0.6 is 0 Å². The average molecular weight is 471 g/mol. The van der Waals surface area contributed by atoms with Gasteiger partial charge in [0.15, 0.2) is 5.82 Å². The lowest BCUT2D eigenvalue weighted by Gasteiger charge is -2.28. The minimum absolute atomic E-state index is 0.132. The summed E-state index contributed by atoms with van der Waals surface area (Å²) in [6.07, 6.45) is 0. The number of rotatable bonds is 5. The molecule has 1 aliphatic rings. The van der Waals surface area contributed by atoms with Gasteiger partial charge in [-0.25, -0.2) is 9.07 Å². The monoisotopic (exact) mass is 471 g/mol. The molecule has 1 unspecified atom stereocenters. The highest BCUT2D eigenvalue weighted by atomic mass is 19.1. The van der Waals surface area contributed by atoms with Crippen molar-refractivity contribution in [2.24, 2.45) is 0 Å². The number of hydrogen-bond donors (Lipinski definition) is 3. The number of hydrogen-bond acceptors (Lipinski definition) is 6. The summed E-state index contributed by atoms with van der Waals surface area (Å²) < 4.78 is 20.7. The smallest absolute Gasteiger partial charge is 0.255 e. The van der Waals surface area contributed by atoms with Crippen LogP contribution < -0.4 is 15.4 Å². The van der Waals surface area contributed by atoms with E-state index in [-0.39, 0.29) is 17.5 Å². The number of phenols is 1. The number of methoxy groups -OCH3 is 1. The maximum atomic E-state index is 13.7. The minimum atomic E-state index is -0.667. The second kappa shape index (κ2) is 8.94. The number of amides is 1. The molecule has 1 amide bonds. The Hall–Kier alpha value is -4.66. The van der Waals surface area contributed by atoms with Gasteiger partial charge in [-0.05, 0) is 61.0 Å². The number of para-hydroxylation sites is 2. The molecule has 2 heterocycles. The van der Waals surface area contributed by atoms with E-state index in [1.54, 1.807) is 66.2 Å². The number of carbonyl (C=O) groups excluding carboxylic acids is 1. The van der Waals surface area contributed by atoms with E-state index in [9.17, 15) is 14.3 Å². The highest BCUT2D eigenvalue weighted by molar-refractivity contribution is 6.06. The quantitative estimate of drug-likeness (QED) is 0.389. The second-order valence-electron chi connectivity index (χ2n) is 8.02. The van der Waals surface area contributed by atoms with Crippen LogP contribution in [-0.2, 0) is 4.79 Å². The van der Waals surface area contributed by atoms with Crippen LogP contribution in [0.25, 0.3) is 11.4 Å². The van der Waals surface area contributed by atoms with Crippen LogP contribution in [0, 0.1) is 5.82 Å². The zero-order valence-corrected chi connectivity index (χ0v) is 19.0. The fourth-order valence-corrected chi connectivity index (χ4v) is 4.07. The van der Waals surface area contributed by atoms with E-state index in [0.29, 0.717) is 45.6 Å². The number of ether oxygens (including phenoxy) is 1. The summed E-state index contributed by atoms with van der Waals surface area (Å²) in [4.78, 5) is 18.2. The molecule has 1 aliphatic heterocycles. The van der Waals surface area contributed by atoms with Gasteiger partial charge in [-0.15, -0.1) is 5.10 Å². The second-order valence-corrected chi connectivity index (χ2v) is 8.02. The summed E-state index contributed by atoms with van der Waals surface area (Å²) in [5, 5.41) is 20.4. The molecule has 4 aromatic rings. The van der Waals surface area contributed by atoms with Crippen molar-refractivity contribution >= 4 is 17.5 Å². The summed E-state index contributed by atoms with van der Waals surface area (Å²) in [7, 11) is 1.53. The molecule has 1 aromatic heterocycles. The zero-order chi connectivity index (χ0) is 24.5. The minimum Gasteiger partial charge on any atom is -0.508 e. The Bertz CT molecular complexity index is 1430. The first-order valence-corrected chi connectivity index (χ1v) is 10.9. The molecular formula is C26H22FN5O3. The molecule has 1 atom stereocenters. The Kier molecular flexibility index (Phi) is 5.66. The first kappa shape index (κ1) is 22.1. The van der Waals surface area contributed by atoms with Gasteiger partial charge in [-0.1, -0.05) is 24.3 Å². The van der Waals surface area contributed by atoms with Crippen LogP contribution in [0.5, 0.6) is 11.5 Å². The number of aromatic hydroxyl groups is 1. The third kappa shape index (κ3) is 4.19. The van der Waals surface area contributed by atoms with E-state index >= 15 is 0 Å². The van der Waals surface area contributed by atoms with Crippen molar-refractivity contribution < 1.29 is 19.0 Å². The molecule has 8 nitrogen and oxygen atoms in total. The summed E-state index contributed by atoms with van der Waals surface area (Å²) >= 11 is 0. The Morgan fingerprint density at radius 1 is 1.09 bits per heavy atom. The van der Waals surface area contributed by atoms with E-state index in [4.69, 9.17) is 4.74 Å². The molecule has 3 aromatic carbocycles. The standard InChI is InChI=1S/C26H22FN5O3/c1-15-22(25(34)29-20-5-3-4-6-21(20)35-2)23(16-7-11-18(27)12-8-16)32-26(28-15)30-24(31-32)17-9-13-19(33)14-10-17/h3-14,23,33H,1-2H3,(H,29,34)(H,28,30,31). The van der Waals surface area contributed by atoms with E-state index in [1.807, 2.05) is 6.07 Å². The number of phenolic OH excluding ortho intramolecular Hbond substituents is 1. The first-order valence-electron chi connectivity index (χ1n) is 10.9. The Balaban J connectivity index is 1.59. The third-order valence-corrected chi connectivity index (χ3v) is 5.76. The maximum Gasteiger partial charge on any atom is 0.255 e. The summed E-state index contributed by atoms with van der Waals surface area (Å²) in [5.41, 5.74) is 2.87. The van der Waals surface area contributed by atoms with Gasteiger partial charge in [0.2, 0.25) is 5.95 Å². The molecular weight excluding hydrogens is 449 g/mol. The Labute approximate surface area is 200 Å². The van der Waals surface area contributed by atoms with Crippen LogP contribution in [0.2, 0.25) is 0 Å². The lowest BCUT2D eigenvalue weighted by molar-refractivity contribution is -0.113. The Morgan fingerprint density at radius 3 is 2.51 bits per heavy atom. The number of nitrogens with one attached hydrogen (secondary N) is 2. The van der Waals surface area contributed by atoms with Crippen LogP contribution in [0.1, 0.15) is 18.5 Å². The number of aromatic nitrogens is 3. The highest BCUT2D eigenvalue weighted by Crippen LogP contribution is 2.37. The molecule has 35 heavy (non-hydrogen) atoms. The summed E-state index contributed by atoms with van der Waals surface area (Å²) in [5.74, 6) is 0.769. The van der Waals surface area contributed by atoms with Gasteiger partial charge in [0.05, 0.1) is 18.4 Å². The molecule has 0 spiro atoms. The average Bonchev–Trinajstić information content (AvgIpc) is 3.28. The van der Waals surface area contributed by atoms with Crippen LogP contribution in [0.4, 0.5) is 16.0 Å². The normalized spacial score (nSPS) is 14.8. The van der Waals surface area contributed by atoms with E-state index in [1.165, 1.54) is 19.2 Å². The zero-order valence-electron chi connectivity index (χ0n) is 19.0. The molecule has 0 aliphatic carbocycles. The predicted octanol–water partition coefficient (Wildman–Crippen LogP) is 4.73. The fraction of sp³-hybridized carbons (Fsp3) is 0.115. The third-order valence-electron chi connectivity index (χ3n) is 5.76. The molecule has 5 rings (SSSR count). The van der Waals surface area contributed by atoms with Crippen LogP contribution in [0.15, 0.2) is 84.1 Å². The van der Waals surface area contributed by atoms with Crippen molar-refractivity contribution in [2.75, 3.05) is 17.7 Å². The van der Waals surface area contributed by atoms with Crippen LogP contribution in [-0.4, -0.2) is 32.9 Å². The Morgan fingerprint density at radius 2 is 1.80 bits per heavy atom. The van der Waals surface area contributed by atoms with Crippen molar-refractivity contribution in [3.05, 3.63) is 95.4 Å². The molecule has 0 bridgehead atoms. The first-order chi connectivity index (χ1) is 16.9. The van der Waals surface area contributed by atoms with Crippen molar-refractivity contribution in [1.29, 1.82) is 0 Å². The molecule has 3 N–H and O–H groups in total. The molecule has 176 valence electrons. The number of fused-ring (bicyclic) bond motifs is 1. The predicted molar refractivity (Wildman–Crippen MR) is 130 cm³/mol. The molecule has 0 fully saturated rings. The topological polar surface area (TPSA) is 101 Å². The van der Waals surface area contributed by atoms with Gasteiger partial charge in [0.25, 0.3) is 5.91 Å². The van der Waals surface area contributed by atoms with Crippen LogP contribution in [0.3, 0.4) is 0 Å². The number of nitrogens with zero attached hydrogens (tertiary/aromatic N) is 3. The van der Waals surface area contributed by atoms with Gasteiger partial charge in [0.1, 0.15) is 23.4 Å². The van der Waals surface area contributed by atoms with Crippen molar-refractivity contribution in [3.8, 4) is 22.9 Å². The van der Waals surface area contributed by atoms with Gasteiger partial charge >= 0.3 is 0 Å². The van der Waals surface area contributed by atoms with E-state index in [2.05, 4.69) is 20.7 Å². The fourth-order valence-electron chi connectivity index (χ4n) is 4.07. The lowest BCUT2D eigenvalue weighted by Crippen LogP contribution is -2.31. The largest absolute Gasteiger partial charge is 0.508 e. The molecule has 0 saturated heterocycles. The number of halogens is 1. The van der Waals surface area contributed by atoms with Gasteiger partial charge < -0.3 is 20.5 Å². The van der Waals surface area contributed by atoms with Gasteiger partial charge in [0, 0.05) is 11.3 Å². The maximum absolute atomic E-state index is 13.7. The van der Waals surface area contributed by atoms with E-state index in [0.717, 1.165) is 0 Å². The van der Waals surface area contributed by atoms with Gasteiger partial charge in [-0.3, -0.25) is 4.79 Å². The summed E-state index contributed by atoms with van der Waals surface area (Å²) in [6.45, 7) is 1.78. The van der Waals surface area contributed by atoms with Crippen molar-refractivity contribution in [3.63, 3.8) is 0 Å².